The van der Waals surface area contributed by atoms with Crippen LogP contribution in [0, 0.1) is 5.92 Å². The molecule has 2 fully saturated rings. The largest absolute Gasteiger partial charge is 0.352 e. The summed E-state index contributed by atoms with van der Waals surface area (Å²) in [5, 5.41) is 4.99. The summed E-state index contributed by atoms with van der Waals surface area (Å²) in [6.07, 6.45) is 2.11. The average Bonchev–Trinajstić information content (AvgIpc) is 3.47. The van der Waals surface area contributed by atoms with Gasteiger partial charge in [0.2, 0.25) is 5.91 Å². The Morgan fingerprint density at radius 1 is 1.07 bits per heavy atom. The summed E-state index contributed by atoms with van der Waals surface area (Å²) >= 11 is 1.24. The SMILES string of the molecule is CC(c1ccccc1)N1CCC(NC(=O)C2CCN(S(=O)(=O)c3cccs3)CC2)C1. The lowest BCUT2D eigenvalue weighted by Crippen LogP contribution is -2.45. The molecule has 0 spiro atoms. The van der Waals surface area contributed by atoms with Crippen LogP contribution in [0.2, 0.25) is 0 Å². The van der Waals surface area contributed by atoms with Gasteiger partial charge in [-0.15, -0.1) is 11.3 Å². The van der Waals surface area contributed by atoms with E-state index in [0.717, 1.165) is 19.5 Å². The number of carbonyl (C=O) groups is 1. The van der Waals surface area contributed by atoms with Crippen molar-refractivity contribution >= 4 is 27.3 Å². The summed E-state index contributed by atoms with van der Waals surface area (Å²) in [6.45, 7) is 4.84. The van der Waals surface area contributed by atoms with E-state index in [9.17, 15) is 13.2 Å². The maximum atomic E-state index is 12.8. The standard InChI is InChI=1S/C22H29N3O3S2/c1-17(18-6-3-2-4-7-18)24-12-11-20(16-24)23-22(26)19-9-13-25(14-10-19)30(27,28)21-8-5-15-29-21/h2-8,15,17,19-20H,9-14,16H2,1H3,(H,23,26). The molecule has 1 amide bonds. The Bertz CT molecular complexity index is 939. The Kier molecular flexibility index (Phi) is 6.57. The van der Waals surface area contributed by atoms with Crippen molar-refractivity contribution in [1.82, 2.24) is 14.5 Å². The molecule has 2 aliphatic heterocycles. The van der Waals surface area contributed by atoms with Crippen LogP contribution in [0.15, 0.2) is 52.1 Å². The van der Waals surface area contributed by atoms with Crippen LogP contribution in [0.1, 0.15) is 37.8 Å². The number of rotatable bonds is 6. The molecule has 3 heterocycles. The van der Waals surface area contributed by atoms with Gasteiger partial charge in [0.1, 0.15) is 4.21 Å². The van der Waals surface area contributed by atoms with E-state index in [4.69, 9.17) is 0 Å². The third-order valence-electron chi connectivity index (χ3n) is 6.31. The number of amides is 1. The number of piperidine rings is 1. The third-order valence-corrected chi connectivity index (χ3v) is 9.58. The first-order valence-electron chi connectivity index (χ1n) is 10.6. The summed E-state index contributed by atoms with van der Waals surface area (Å²) in [5.41, 5.74) is 1.30. The molecule has 0 bridgehead atoms. The van der Waals surface area contributed by atoms with Crippen LogP contribution in [-0.4, -0.2) is 55.8 Å². The highest BCUT2D eigenvalue weighted by Crippen LogP contribution is 2.28. The normalized spacial score (nSPS) is 22.8. The summed E-state index contributed by atoms with van der Waals surface area (Å²) in [7, 11) is -3.42. The highest BCUT2D eigenvalue weighted by atomic mass is 32.2. The predicted molar refractivity (Wildman–Crippen MR) is 119 cm³/mol. The van der Waals surface area contributed by atoms with Crippen molar-refractivity contribution in [3.63, 3.8) is 0 Å². The number of likely N-dealkylation sites (tertiary alicyclic amines) is 1. The van der Waals surface area contributed by atoms with Crippen molar-refractivity contribution in [2.75, 3.05) is 26.2 Å². The van der Waals surface area contributed by atoms with Gasteiger partial charge in [-0.3, -0.25) is 9.69 Å². The van der Waals surface area contributed by atoms with E-state index in [2.05, 4.69) is 41.4 Å². The highest BCUT2D eigenvalue weighted by Gasteiger charge is 2.34. The first kappa shape index (κ1) is 21.5. The number of thiophene rings is 1. The number of nitrogens with zero attached hydrogens (tertiary/aromatic N) is 2. The molecule has 2 aromatic rings. The minimum Gasteiger partial charge on any atom is -0.352 e. The molecule has 2 unspecified atom stereocenters. The van der Waals surface area contributed by atoms with Crippen molar-refractivity contribution < 1.29 is 13.2 Å². The fourth-order valence-electron chi connectivity index (χ4n) is 4.41. The van der Waals surface area contributed by atoms with Crippen LogP contribution in [0.4, 0.5) is 0 Å². The first-order valence-corrected chi connectivity index (χ1v) is 12.9. The number of hydrogen-bond acceptors (Lipinski definition) is 5. The van der Waals surface area contributed by atoms with Crippen LogP contribution in [0.3, 0.4) is 0 Å². The molecule has 30 heavy (non-hydrogen) atoms. The molecular weight excluding hydrogens is 418 g/mol. The van der Waals surface area contributed by atoms with Crippen molar-refractivity contribution in [1.29, 1.82) is 0 Å². The summed E-state index contributed by atoms with van der Waals surface area (Å²) in [6, 6.07) is 14.3. The van der Waals surface area contributed by atoms with Gasteiger partial charge >= 0.3 is 0 Å². The first-order chi connectivity index (χ1) is 14.4. The van der Waals surface area contributed by atoms with Gasteiger partial charge in [-0.05, 0) is 43.2 Å². The molecule has 0 aliphatic carbocycles. The van der Waals surface area contributed by atoms with Crippen molar-refractivity contribution in [2.45, 2.75) is 42.5 Å². The Morgan fingerprint density at radius 2 is 1.80 bits per heavy atom. The lowest BCUT2D eigenvalue weighted by molar-refractivity contribution is -0.126. The number of nitrogens with one attached hydrogen (secondary N) is 1. The Morgan fingerprint density at radius 3 is 2.47 bits per heavy atom. The van der Waals surface area contributed by atoms with Gasteiger partial charge in [-0.1, -0.05) is 36.4 Å². The Hall–Kier alpha value is -1.74. The molecule has 0 saturated carbocycles. The minimum atomic E-state index is -3.42. The molecule has 0 radical (unpaired) electrons. The zero-order valence-corrected chi connectivity index (χ0v) is 18.9. The van der Waals surface area contributed by atoms with Gasteiger partial charge in [-0.25, -0.2) is 8.42 Å². The van der Waals surface area contributed by atoms with E-state index < -0.39 is 10.0 Å². The van der Waals surface area contributed by atoms with E-state index in [0.29, 0.717) is 36.2 Å². The molecule has 1 aromatic carbocycles. The third kappa shape index (κ3) is 4.61. The quantitative estimate of drug-likeness (QED) is 0.739. The lowest BCUT2D eigenvalue weighted by Gasteiger charge is -2.31. The zero-order chi connectivity index (χ0) is 21.1. The molecule has 8 heteroatoms. The van der Waals surface area contributed by atoms with Gasteiger partial charge in [-0.2, -0.15) is 4.31 Å². The number of hydrogen-bond donors (Lipinski definition) is 1. The fraction of sp³-hybridized carbons (Fsp3) is 0.500. The maximum absolute atomic E-state index is 12.8. The van der Waals surface area contributed by atoms with Crippen molar-refractivity contribution in [3.05, 3.63) is 53.4 Å². The molecular formula is C22H29N3O3S2. The lowest BCUT2D eigenvalue weighted by atomic mass is 9.97. The predicted octanol–water partition coefficient (Wildman–Crippen LogP) is 3.10. The molecule has 2 aliphatic rings. The zero-order valence-electron chi connectivity index (χ0n) is 17.2. The van der Waals surface area contributed by atoms with Gasteiger partial charge in [0.15, 0.2) is 0 Å². The molecule has 2 atom stereocenters. The van der Waals surface area contributed by atoms with E-state index in [1.807, 2.05) is 6.07 Å². The molecule has 1 N–H and O–H groups in total. The van der Waals surface area contributed by atoms with E-state index in [1.54, 1.807) is 17.5 Å². The van der Waals surface area contributed by atoms with E-state index in [-0.39, 0.29) is 17.9 Å². The molecule has 4 rings (SSSR count). The topological polar surface area (TPSA) is 69.7 Å². The van der Waals surface area contributed by atoms with Crippen molar-refractivity contribution in [2.24, 2.45) is 5.92 Å². The monoisotopic (exact) mass is 447 g/mol. The second kappa shape index (κ2) is 9.18. The van der Waals surface area contributed by atoms with Gasteiger partial charge < -0.3 is 5.32 Å². The number of sulfonamides is 1. The summed E-state index contributed by atoms with van der Waals surface area (Å²) < 4.78 is 27.2. The second-order valence-corrected chi connectivity index (χ2v) is 11.3. The highest BCUT2D eigenvalue weighted by molar-refractivity contribution is 7.91. The number of carbonyl (C=O) groups excluding carboxylic acids is 1. The second-order valence-electron chi connectivity index (χ2n) is 8.19. The molecule has 1 aromatic heterocycles. The molecule has 2 saturated heterocycles. The molecule has 6 nitrogen and oxygen atoms in total. The maximum Gasteiger partial charge on any atom is 0.252 e. The smallest absolute Gasteiger partial charge is 0.252 e. The summed E-state index contributed by atoms with van der Waals surface area (Å²) in [4.78, 5) is 15.2. The minimum absolute atomic E-state index is 0.0717. The van der Waals surface area contributed by atoms with E-state index >= 15 is 0 Å². The van der Waals surface area contributed by atoms with Crippen LogP contribution in [0.25, 0.3) is 0 Å². The van der Waals surface area contributed by atoms with Crippen LogP contribution < -0.4 is 5.32 Å². The van der Waals surface area contributed by atoms with Gasteiger partial charge in [0.05, 0.1) is 0 Å². The van der Waals surface area contributed by atoms with E-state index in [1.165, 1.54) is 21.2 Å². The van der Waals surface area contributed by atoms with Gasteiger partial charge in [0, 0.05) is 44.2 Å². The van der Waals surface area contributed by atoms with Crippen LogP contribution in [0.5, 0.6) is 0 Å². The fourth-order valence-corrected chi connectivity index (χ4v) is 7.03. The Labute approximate surface area is 182 Å². The van der Waals surface area contributed by atoms with Gasteiger partial charge in [0.25, 0.3) is 10.0 Å². The van der Waals surface area contributed by atoms with Crippen LogP contribution in [-0.2, 0) is 14.8 Å². The number of benzene rings is 1. The molecule has 162 valence electrons. The van der Waals surface area contributed by atoms with Crippen molar-refractivity contribution in [3.8, 4) is 0 Å². The summed E-state index contributed by atoms with van der Waals surface area (Å²) in [5.74, 6) is -0.0391. The Balaban J connectivity index is 1.27. The average molecular weight is 448 g/mol. The van der Waals surface area contributed by atoms with Crippen LogP contribution >= 0.6 is 11.3 Å².